The zero-order chi connectivity index (χ0) is 48.2. The normalized spacial score (nSPS) is 18.5. The molecule has 0 spiro atoms. The van der Waals surface area contributed by atoms with Gasteiger partial charge >= 0.3 is 0 Å². The number of carbonyl (C=O) groups is 3. The minimum Gasteiger partial charge on any atom is -0.493 e. The number of hydrogen-bond donors (Lipinski definition) is 1. The quantitative estimate of drug-likeness (QED) is 0.0550. The van der Waals surface area contributed by atoms with Crippen LogP contribution in [0.1, 0.15) is 85.5 Å². The number of nitrogens with zero attached hydrogens (tertiary/aromatic N) is 5. The molecule has 1 N–H and O–H groups in total. The average molecular weight is 971 g/mol. The SMILES string of the molecule is C/C=C1\C[C@H]2C=Nc3cc(OCc4cc(OCCOCCOCCNC(=O)CCC(C)(C)SSC)cc(COc5cc6c(cc5OC)C(=O)N5C/C(=C/C)C[C@H]5C=N6)n4)c(OC)cc3C(=O)N2C1. The van der Waals surface area contributed by atoms with Crippen LogP contribution >= 0.6 is 21.6 Å². The smallest absolute Gasteiger partial charge is 0.257 e. The lowest BCUT2D eigenvalue weighted by molar-refractivity contribution is -0.121. The second-order valence-corrected chi connectivity index (χ2v) is 20.3. The fourth-order valence-electron chi connectivity index (χ4n) is 8.26. The molecule has 18 heteroatoms. The highest BCUT2D eigenvalue weighted by Crippen LogP contribution is 2.41. The van der Waals surface area contributed by atoms with Crippen LogP contribution in [0.25, 0.3) is 0 Å². The van der Waals surface area contributed by atoms with E-state index in [1.165, 1.54) is 25.4 Å². The van der Waals surface area contributed by atoms with Crippen LogP contribution in [0.2, 0.25) is 0 Å². The maximum atomic E-state index is 13.7. The highest BCUT2D eigenvalue weighted by atomic mass is 33.1. The highest BCUT2D eigenvalue weighted by molar-refractivity contribution is 8.76. The number of fused-ring (bicyclic) bond motifs is 4. The molecule has 2 fully saturated rings. The van der Waals surface area contributed by atoms with E-state index in [0.717, 1.165) is 19.3 Å². The molecule has 0 radical (unpaired) electrons. The van der Waals surface area contributed by atoms with Crippen molar-refractivity contribution in [2.24, 2.45) is 9.98 Å². The number of nitrogens with one attached hydrogen (secondary N) is 1. The van der Waals surface area contributed by atoms with Gasteiger partial charge in [0.1, 0.15) is 25.6 Å². The van der Waals surface area contributed by atoms with Crippen molar-refractivity contribution in [2.75, 3.05) is 73.1 Å². The van der Waals surface area contributed by atoms with E-state index in [9.17, 15) is 14.4 Å². The van der Waals surface area contributed by atoms with Gasteiger partial charge in [-0.25, -0.2) is 0 Å². The Morgan fingerprint density at radius 3 is 1.75 bits per heavy atom. The van der Waals surface area contributed by atoms with Crippen LogP contribution in [0.3, 0.4) is 0 Å². The molecule has 7 rings (SSSR count). The Balaban J connectivity index is 0.996. The Morgan fingerprint density at radius 1 is 0.735 bits per heavy atom. The van der Waals surface area contributed by atoms with Gasteiger partial charge in [-0.2, -0.15) is 0 Å². The summed E-state index contributed by atoms with van der Waals surface area (Å²) in [6.07, 6.45) is 12.6. The molecule has 0 bridgehead atoms. The molecular weight excluding hydrogens is 909 g/mol. The van der Waals surface area contributed by atoms with Gasteiger partial charge in [0.15, 0.2) is 23.0 Å². The zero-order valence-electron chi connectivity index (χ0n) is 40.0. The third-order valence-electron chi connectivity index (χ3n) is 12.0. The molecule has 364 valence electrons. The van der Waals surface area contributed by atoms with Crippen LogP contribution in [-0.4, -0.2) is 135 Å². The molecule has 16 nitrogen and oxygen atoms in total. The first-order valence-electron chi connectivity index (χ1n) is 22.9. The first-order valence-corrected chi connectivity index (χ1v) is 25.4. The molecule has 2 atom stereocenters. The molecule has 0 saturated carbocycles. The lowest BCUT2D eigenvalue weighted by Gasteiger charge is -2.21. The molecule has 4 aliphatic rings. The number of rotatable bonds is 23. The maximum Gasteiger partial charge on any atom is 0.257 e. The fraction of sp³-hybridized carbons (Fsp3) is 0.480. The van der Waals surface area contributed by atoms with Crippen molar-refractivity contribution in [2.45, 2.75) is 83.4 Å². The van der Waals surface area contributed by atoms with E-state index in [0.29, 0.717) is 115 Å². The minimum atomic E-state index is -0.115. The number of hydrogen-bond acceptors (Lipinski definition) is 15. The van der Waals surface area contributed by atoms with Gasteiger partial charge in [-0.1, -0.05) is 44.9 Å². The number of carbonyl (C=O) groups excluding carboxylic acids is 3. The van der Waals surface area contributed by atoms with Crippen LogP contribution in [0.4, 0.5) is 11.4 Å². The summed E-state index contributed by atoms with van der Waals surface area (Å²) >= 11 is 0. The van der Waals surface area contributed by atoms with Gasteiger partial charge in [-0.3, -0.25) is 29.4 Å². The van der Waals surface area contributed by atoms with E-state index in [1.54, 1.807) is 58.0 Å². The minimum absolute atomic E-state index is 0.0192. The van der Waals surface area contributed by atoms with Crippen molar-refractivity contribution in [1.29, 1.82) is 0 Å². The van der Waals surface area contributed by atoms with E-state index in [4.69, 9.17) is 48.1 Å². The maximum absolute atomic E-state index is 13.7. The number of methoxy groups -OCH3 is 2. The monoisotopic (exact) mass is 970 g/mol. The van der Waals surface area contributed by atoms with Crippen molar-refractivity contribution < 1.29 is 47.5 Å². The zero-order valence-corrected chi connectivity index (χ0v) is 41.6. The van der Waals surface area contributed by atoms with E-state index < -0.39 is 0 Å². The van der Waals surface area contributed by atoms with Gasteiger partial charge in [0.2, 0.25) is 5.91 Å². The number of benzene rings is 2. The van der Waals surface area contributed by atoms with Crippen LogP contribution in [0.5, 0.6) is 28.7 Å². The number of ether oxygens (including phenoxy) is 7. The number of allylic oxidation sites excluding steroid dienone is 2. The molecule has 1 aromatic heterocycles. The molecule has 5 heterocycles. The van der Waals surface area contributed by atoms with Gasteiger partial charge in [0.25, 0.3) is 11.8 Å². The van der Waals surface area contributed by atoms with Crippen LogP contribution < -0.4 is 29.0 Å². The van der Waals surface area contributed by atoms with Crippen molar-refractivity contribution in [3.63, 3.8) is 0 Å². The average Bonchev–Trinajstić information content (AvgIpc) is 3.91. The Kier molecular flexibility index (Phi) is 17.5. The largest absolute Gasteiger partial charge is 0.493 e. The van der Waals surface area contributed by atoms with Crippen molar-refractivity contribution >= 4 is 63.1 Å². The Hall–Kier alpha value is -5.56. The lowest BCUT2D eigenvalue weighted by atomic mass is 10.1. The van der Waals surface area contributed by atoms with Crippen molar-refractivity contribution in [1.82, 2.24) is 20.1 Å². The van der Waals surface area contributed by atoms with E-state index in [2.05, 4.69) is 31.3 Å². The van der Waals surface area contributed by atoms with Gasteiger partial charge in [-0.05, 0) is 65.3 Å². The molecule has 0 aliphatic carbocycles. The third-order valence-corrected chi connectivity index (χ3v) is 14.7. The van der Waals surface area contributed by atoms with Gasteiger partial charge in [-0.15, -0.1) is 0 Å². The Morgan fingerprint density at radius 2 is 1.25 bits per heavy atom. The number of amides is 3. The van der Waals surface area contributed by atoms with Gasteiger partial charge < -0.3 is 48.3 Å². The van der Waals surface area contributed by atoms with E-state index in [1.807, 2.05) is 42.3 Å². The fourth-order valence-corrected chi connectivity index (χ4v) is 10.5. The second-order valence-electron chi connectivity index (χ2n) is 17.2. The summed E-state index contributed by atoms with van der Waals surface area (Å²) < 4.78 is 41.8. The summed E-state index contributed by atoms with van der Waals surface area (Å²) in [6, 6.07) is 10.1. The third kappa shape index (κ3) is 12.7. The first-order chi connectivity index (χ1) is 32.9. The van der Waals surface area contributed by atoms with Crippen LogP contribution in [0.15, 0.2) is 69.7 Å². The number of pyridine rings is 1. The van der Waals surface area contributed by atoms with Gasteiger partial charge in [0.05, 0.1) is 86.6 Å². The summed E-state index contributed by atoms with van der Waals surface area (Å²) in [4.78, 5) is 57.6. The summed E-state index contributed by atoms with van der Waals surface area (Å²) in [5.74, 6) is 1.88. The first kappa shape index (κ1) is 50.3. The van der Waals surface area contributed by atoms with Crippen molar-refractivity contribution in [3.8, 4) is 28.7 Å². The molecule has 2 saturated heterocycles. The lowest BCUT2D eigenvalue weighted by Crippen LogP contribution is -2.35. The molecule has 3 amide bonds. The van der Waals surface area contributed by atoms with Gasteiger partial charge in [0, 0.05) is 67.5 Å². The summed E-state index contributed by atoms with van der Waals surface area (Å²) in [5.41, 5.74) is 5.35. The predicted octanol–water partition coefficient (Wildman–Crippen LogP) is 8.11. The molecule has 4 aliphatic heterocycles. The molecule has 0 unspecified atom stereocenters. The summed E-state index contributed by atoms with van der Waals surface area (Å²) in [7, 11) is 6.55. The summed E-state index contributed by atoms with van der Waals surface area (Å²) in [6.45, 7) is 11.5. The standard InChI is InChI=1S/C50H62N6O10S2/c1-8-32-18-36-26-52-41-24-45(43(60-5)22-39(41)48(58)55(36)28-32)65-30-34-20-38(64-17-16-63-15-14-62-13-12-51-47(57)10-11-50(3,4)68-67-7)21-35(54-34)31-66-46-25-42-40(23-44(46)61-6)49(59)56-29-33(9-2)19-37(56)27-53-42/h8-9,20-27,36-37H,10-19,28-31H2,1-7H3,(H,51,57)/b32-8+,33-9+/t36-,37-/m0/s1. The molecule has 3 aromatic rings. The number of aromatic nitrogens is 1. The van der Waals surface area contributed by atoms with Crippen LogP contribution in [-0.2, 0) is 27.5 Å². The topological polar surface area (TPSA) is 172 Å². The molecule has 2 aromatic carbocycles. The molecular formula is C50H62N6O10S2. The second kappa shape index (κ2) is 23.6. The Bertz CT molecular complexity index is 2310. The predicted molar refractivity (Wildman–Crippen MR) is 266 cm³/mol. The van der Waals surface area contributed by atoms with Crippen molar-refractivity contribution in [3.05, 3.63) is 82.2 Å². The van der Waals surface area contributed by atoms with E-state index in [-0.39, 0.29) is 54.4 Å². The van der Waals surface area contributed by atoms with Crippen LogP contribution in [0, 0.1) is 0 Å². The number of aliphatic imine (C=N–C) groups is 2. The Labute approximate surface area is 406 Å². The highest BCUT2D eigenvalue weighted by Gasteiger charge is 2.36. The molecule has 68 heavy (non-hydrogen) atoms. The summed E-state index contributed by atoms with van der Waals surface area (Å²) in [5, 5.41) is 2.92. The van der Waals surface area contributed by atoms with E-state index >= 15 is 0 Å².